The van der Waals surface area contributed by atoms with Crippen LogP contribution in [0.4, 0.5) is 19.0 Å². The minimum atomic E-state index is -4.63. The Balaban J connectivity index is 1.72. The number of carbonyl (C=O) groups excluding carboxylic acids is 1. The van der Waals surface area contributed by atoms with Crippen molar-refractivity contribution in [1.82, 2.24) is 19.2 Å². The van der Waals surface area contributed by atoms with Crippen LogP contribution in [0.2, 0.25) is 0 Å². The van der Waals surface area contributed by atoms with Crippen molar-refractivity contribution in [2.45, 2.75) is 51.7 Å². The Hall–Kier alpha value is -3.11. The van der Waals surface area contributed by atoms with Crippen LogP contribution < -0.4 is 16.1 Å². The number of unbranched alkanes of at least 4 members (excludes halogenated alkanes) is 4. The summed E-state index contributed by atoms with van der Waals surface area (Å²) in [6.07, 6.45) is 0.396. The Morgan fingerprint density at radius 1 is 1.00 bits per heavy atom. The average Bonchev–Trinajstić information content (AvgIpc) is 2.83. The zero-order valence-corrected chi connectivity index (χ0v) is 19.5. The number of halogens is 3. The van der Waals surface area contributed by atoms with Crippen LogP contribution in [0.1, 0.15) is 54.9 Å². The average molecular weight is 482 g/mol. The molecule has 1 fully saturated rings. The molecule has 11 heteroatoms. The van der Waals surface area contributed by atoms with Crippen molar-refractivity contribution in [3.05, 3.63) is 56.2 Å². The molecule has 1 aromatic heterocycles. The summed E-state index contributed by atoms with van der Waals surface area (Å²) in [5.74, 6) is -0.594. The van der Waals surface area contributed by atoms with Gasteiger partial charge in [0, 0.05) is 39.8 Å². The molecular weight excluding hydrogens is 451 g/mol. The lowest BCUT2D eigenvalue weighted by Gasteiger charge is -2.35. The quantitative estimate of drug-likeness (QED) is 0.542. The summed E-state index contributed by atoms with van der Waals surface area (Å²) < 4.78 is 42.2. The highest BCUT2D eigenvalue weighted by Crippen LogP contribution is 2.32. The van der Waals surface area contributed by atoms with E-state index in [9.17, 15) is 27.6 Å². The Morgan fingerprint density at radius 2 is 1.65 bits per heavy atom. The molecule has 1 aliphatic heterocycles. The van der Waals surface area contributed by atoms with Crippen molar-refractivity contribution in [3.63, 3.8) is 0 Å². The predicted molar refractivity (Wildman–Crippen MR) is 122 cm³/mol. The van der Waals surface area contributed by atoms with Crippen LogP contribution in [0.5, 0.6) is 0 Å². The lowest BCUT2D eigenvalue weighted by molar-refractivity contribution is -0.138. The Kier molecular flexibility index (Phi) is 8.16. The van der Waals surface area contributed by atoms with Gasteiger partial charge in [0.1, 0.15) is 0 Å². The standard InChI is InChI=1S/C23H30F3N5O3/c1-3-4-5-6-9-12-31-22(34)28(2)21(33)19(27-31)29-13-15-30(16-14-29)20(32)17-10-7-8-11-18(17)23(24,25)26/h7-8,10-11H,3-6,9,12-16H2,1-2H3. The van der Waals surface area contributed by atoms with E-state index in [1.54, 1.807) is 4.90 Å². The van der Waals surface area contributed by atoms with Crippen LogP contribution in [0, 0.1) is 0 Å². The first-order valence-corrected chi connectivity index (χ1v) is 11.5. The van der Waals surface area contributed by atoms with Gasteiger partial charge in [-0.05, 0) is 18.6 Å². The largest absolute Gasteiger partial charge is 0.417 e. The van der Waals surface area contributed by atoms with E-state index in [1.807, 2.05) is 0 Å². The number of hydrogen-bond donors (Lipinski definition) is 0. The minimum Gasteiger partial charge on any atom is -0.347 e. The molecule has 1 aromatic carbocycles. The van der Waals surface area contributed by atoms with Crippen molar-refractivity contribution in [2.24, 2.45) is 7.05 Å². The summed E-state index contributed by atoms with van der Waals surface area (Å²) in [5, 5.41) is 4.29. The maximum atomic E-state index is 13.3. The maximum Gasteiger partial charge on any atom is 0.417 e. The number of piperazine rings is 1. The van der Waals surface area contributed by atoms with E-state index in [0.29, 0.717) is 6.54 Å². The van der Waals surface area contributed by atoms with Gasteiger partial charge in [0.2, 0.25) is 5.82 Å². The second kappa shape index (κ2) is 10.9. The molecule has 1 aliphatic rings. The summed E-state index contributed by atoms with van der Waals surface area (Å²) in [7, 11) is 1.40. The predicted octanol–water partition coefficient (Wildman–Crippen LogP) is 2.89. The van der Waals surface area contributed by atoms with Gasteiger partial charge in [-0.1, -0.05) is 44.7 Å². The number of anilines is 1. The summed E-state index contributed by atoms with van der Waals surface area (Å²) in [4.78, 5) is 41.0. The zero-order chi connectivity index (χ0) is 24.9. The van der Waals surface area contributed by atoms with Crippen molar-refractivity contribution >= 4 is 11.7 Å². The number of amides is 1. The van der Waals surface area contributed by atoms with Crippen LogP contribution in [0.25, 0.3) is 0 Å². The SMILES string of the molecule is CCCCCCCn1nc(N2CCN(C(=O)c3ccccc3C(F)(F)F)CC2)c(=O)n(C)c1=O. The van der Waals surface area contributed by atoms with Gasteiger partial charge in [-0.25, -0.2) is 9.48 Å². The third kappa shape index (κ3) is 5.68. The lowest BCUT2D eigenvalue weighted by atomic mass is 10.1. The van der Waals surface area contributed by atoms with Crippen LogP contribution in [0.3, 0.4) is 0 Å². The summed E-state index contributed by atoms with van der Waals surface area (Å²) in [6.45, 7) is 3.22. The normalized spacial score (nSPS) is 14.5. The number of benzene rings is 1. The Labute approximate surface area is 195 Å². The van der Waals surface area contributed by atoms with E-state index in [0.717, 1.165) is 42.7 Å². The van der Waals surface area contributed by atoms with Crippen LogP contribution in [-0.2, 0) is 19.8 Å². The fourth-order valence-electron chi connectivity index (χ4n) is 4.03. The van der Waals surface area contributed by atoms with Gasteiger partial charge in [0.15, 0.2) is 0 Å². The van der Waals surface area contributed by atoms with Crippen molar-refractivity contribution in [3.8, 4) is 0 Å². The monoisotopic (exact) mass is 481 g/mol. The first-order valence-electron chi connectivity index (χ1n) is 11.5. The molecule has 34 heavy (non-hydrogen) atoms. The molecule has 1 amide bonds. The highest BCUT2D eigenvalue weighted by atomic mass is 19.4. The molecule has 3 rings (SSSR count). The van der Waals surface area contributed by atoms with Gasteiger partial charge >= 0.3 is 11.9 Å². The fourth-order valence-corrected chi connectivity index (χ4v) is 4.03. The summed E-state index contributed by atoms with van der Waals surface area (Å²) in [6, 6.07) is 4.71. The lowest BCUT2D eigenvalue weighted by Crippen LogP contribution is -2.52. The molecule has 0 saturated carbocycles. The number of alkyl halides is 3. The molecular formula is C23H30F3N5O3. The molecule has 8 nitrogen and oxygen atoms in total. The minimum absolute atomic E-state index is 0.110. The molecule has 2 heterocycles. The van der Waals surface area contributed by atoms with E-state index in [1.165, 1.54) is 34.8 Å². The van der Waals surface area contributed by atoms with Gasteiger partial charge in [-0.3, -0.25) is 14.2 Å². The second-order valence-electron chi connectivity index (χ2n) is 8.43. The van der Waals surface area contributed by atoms with Crippen LogP contribution >= 0.6 is 0 Å². The highest BCUT2D eigenvalue weighted by Gasteiger charge is 2.36. The van der Waals surface area contributed by atoms with E-state index < -0.39 is 34.5 Å². The first kappa shape index (κ1) is 25.5. The topological polar surface area (TPSA) is 80.4 Å². The molecule has 1 saturated heterocycles. The Morgan fingerprint density at radius 3 is 2.29 bits per heavy atom. The first-order chi connectivity index (χ1) is 16.1. The van der Waals surface area contributed by atoms with Gasteiger partial charge in [-0.2, -0.15) is 13.2 Å². The van der Waals surface area contributed by atoms with Crippen molar-refractivity contribution < 1.29 is 18.0 Å². The molecule has 0 aliphatic carbocycles. The maximum absolute atomic E-state index is 13.3. The number of carbonyl (C=O) groups is 1. The van der Waals surface area contributed by atoms with Gasteiger partial charge < -0.3 is 9.80 Å². The Bertz CT molecular complexity index is 1120. The van der Waals surface area contributed by atoms with Gasteiger partial charge in [-0.15, -0.1) is 5.10 Å². The number of hydrogen-bond acceptors (Lipinski definition) is 5. The second-order valence-corrected chi connectivity index (χ2v) is 8.43. The number of aromatic nitrogens is 3. The van der Waals surface area contributed by atoms with Crippen LogP contribution in [-0.4, -0.2) is 51.3 Å². The van der Waals surface area contributed by atoms with Crippen molar-refractivity contribution in [2.75, 3.05) is 31.1 Å². The van der Waals surface area contributed by atoms with Crippen molar-refractivity contribution in [1.29, 1.82) is 0 Å². The smallest absolute Gasteiger partial charge is 0.347 e. The number of aryl methyl sites for hydroxylation is 1. The number of rotatable bonds is 8. The van der Waals surface area contributed by atoms with E-state index in [-0.39, 0.29) is 32.0 Å². The van der Waals surface area contributed by atoms with Crippen LogP contribution in [0.15, 0.2) is 33.9 Å². The molecule has 2 aromatic rings. The van der Waals surface area contributed by atoms with E-state index >= 15 is 0 Å². The van der Waals surface area contributed by atoms with Gasteiger partial charge in [0.25, 0.3) is 11.5 Å². The molecule has 0 bridgehead atoms. The third-order valence-corrected chi connectivity index (χ3v) is 6.02. The van der Waals surface area contributed by atoms with E-state index in [4.69, 9.17) is 0 Å². The summed E-state index contributed by atoms with van der Waals surface area (Å²) >= 11 is 0. The number of nitrogens with zero attached hydrogens (tertiary/aromatic N) is 5. The highest BCUT2D eigenvalue weighted by molar-refractivity contribution is 5.96. The molecule has 0 unspecified atom stereocenters. The third-order valence-electron chi connectivity index (χ3n) is 6.02. The molecule has 0 atom stereocenters. The molecule has 0 N–H and O–H groups in total. The van der Waals surface area contributed by atoms with Gasteiger partial charge in [0.05, 0.1) is 11.1 Å². The molecule has 186 valence electrons. The zero-order valence-electron chi connectivity index (χ0n) is 19.5. The molecule has 0 radical (unpaired) electrons. The van der Waals surface area contributed by atoms with E-state index in [2.05, 4.69) is 12.0 Å². The fraction of sp³-hybridized carbons (Fsp3) is 0.565. The summed E-state index contributed by atoms with van der Waals surface area (Å²) in [5.41, 5.74) is -2.38. The molecule has 0 spiro atoms.